The summed E-state index contributed by atoms with van der Waals surface area (Å²) in [5, 5.41) is 6.40. The third-order valence-corrected chi connectivity index (χ3v) is 4.49. The Morgan fingerprint density at radius 1 is 1.48 bits per heavy atom. The quantitative estimate of drug-likeness (QED) is 0.634. The molecule has 0 aliphatic heterocycles. The second kappa shape index (κ2) is 6.83. The molecule has 4 N–H and O–H groups in total. The number of aromatic nitrogens is 4. The number of nitrogens with zero attached hydrogens (tertiary/aromatic N) is 3. The summed E-state index contributed by atoms with van der Waals surface area (Å²) in [5.41, 5.74) is 6.46. The minimum absolute atomic E-state index is 0.244. The van der Waals surface area contributed by atoms with Crippen molar-refractivity contribution in [1.82, 2.24) is 24.5 Å². The fourth-order valence-corrected chi connectivity index (χ4v) is 3.13. The maximum atomic E-state index is 12.2. The molecule has 9 heteroatoms. The van der Waals surface area contributed by atoms with Gasteiger partial charge in [0.25, 0.3) is 0 Å². The molecule has 0 amide bonds. The molecule has 0 unspecified atom stereocenters. The molecule has 0 bridgehead atoms. The summed E-state index contributed by atoms with van der Waals surface area (Å²) in [6.45, 7) is 3.35. The molecule has 0 fully saturated rings. The first-order valence-electron chi connectivity index (χ1n) is 6.80. The first-order valence-corrected chi connectivity index (χ1v) is 8.28. The lowest BCUT2D eigenvalue weighted by molar-refractivity contribution is 0.580. The van der Waals surface area contributed by atoms with Crippen molar-refractivity contribution >= 4 is 10.0 Å². The van der Waals surface area contributed by atoms with Crippen molar-refractivity contribution in [2.24, 2.45) is 5.73 Å². The number of rotatable bonds is 8. The molecule has 0 saturated heterocycles. The smallest absolute Gasteiger partial charge is 0.242 e. The molecule has 2 aromatic rings. The van der Waals surface area contributed by atoms with E-state index < -0.39 is 10.0 Å². The third kappa shape index (κ3) is 3.90. The lowest BCUT2D eigenvalue weighted by Gasteiger charge is -2.04. The highest BCUT2D eigenvalue weighted by molar-refractivity contribution is 7.89. The fourth-order valence-electron chi connectivity index (χ4n) is 2.03. The number of hydrogen-bond donors (Lipinski definition) is 3. The molecule has 0 aliphatic carbocycles. The SMILES string of the molecule is CCCn1cc(S(=O)(=O)NCCc2ncn[nH]2)cc1CN. The Bertz CT molecular complexity index is 662. The minimum atomic E-state index is -3.53. The van der Waals surface area contributed by atoms with Crippen LogP contribution in [0.5, 0.6) is 0 Å². The van der Waals surface area contributed by atoms with Gasteiger partial charge in [-0.1, -0.05) is 6.92 Å². The van der Waals surface area contributed by atoms with E-state index in [4.69, 9.17) is 5.73 Å². The second-order valence-electron chi connectivity index (χ2n) is 4.64. The monoisotopic (exact) mass is 312 g/mol. The Kier molecular flexibility index (Phi) is 5.10. The van der Waals surface area contributed by atoms with Crippen molar-refractivity contribution in [3.05, 3.63) is 30.1 Å². The molecule has 116 valence electrons. The van der Waals surface area contributed by atoms with Crippen molar-refractivity contribution < 1.29 is 8.42 Å². The predicted octanol–water partition coefficient (Wildman–Crippen LogP) is -0.00410. The van der Waals surface area contributed by atoms with Gasteiger partial charge in [-0.25, -0.2) is 18.1 Å². The van der Waals surface area contributed by atoms with Gasteiger partial charge in [0.05, 0.1) is 4.90 Å². The van der Waals surface area contributed by atoms with Crippen LogP contribution in [0.15, 0.2) is 23.5 Å². The molecule has 0 aliphatic rings. The zero-order valence-electron chi connectivity index (χ0n) is 11.9. The number of nitrogens with two attached hydrogens (primary N) is 1. The molecule has 21 heavy (non-hydrogen) atoms. The van der Waals surface area contributed by atoms with Crippen molar-refractivity contribution in [1.29, 1.82) is 0 Å². The van der Waals surface area contributed by atoms with Crippen molar-refractivity contribution in [2.45, 2.75) is 37.8 Å². The molecule has 8 nitrogen and oxygen atoms in total. The normalized spacial score (nSPS) is 11.9. The van der Waals surface area contributed by atoms with Crippen LogP contribution in [-0.2, 0) is 29.5 Å². The van der Waals surface area contributed by atoms with E-state index in [0.29, 0.717) is 18.8 Å². The number of aryl methyl sites for hydroxylation is 1. The summed E-state index contributed by atoms with van der Waals surface area (Å²) in [4.78, 5) is 4.19. The summed E-state index contributed by atoms with van der Waals surface area (Å²) in [6.07, 6.45) is 4.39. The molecule has 2 rings (SSSR count). The highest BCUT2D eigenvalue weighted by Crippen LogP contribution is 2.14. The van der Waals surface area contributed by atoms with E-state index in [9.17, 15) is 8.42 Å². The average Bonchev–Trinajstić information content (AvgIpc) is 3.08. The van der Waals surface area contributed by atoms with Crippen LogP contribution in [0.3, 0.4) is 0 Å². The molecule has 0 radical (unpaired) electrons. The van der Waals surface area contributed by atoms with Crippen molar-refractivity contribution in [2.75, 3.05) is 6.54 Å². The summed E-state index contributed by atoms with van der Waals surface area (Å²) in [7, 11) is -3.53. The van der Waals surface area contributed by atoms with Crippen LogP contribution in [0.25, 0.3) is 0 Å². The fraction of sp³-hybridized carbons (Fsp3) is 0.500. The van der Waals surface area contributed by atoms with E-state index in [1.54, 1.807) is 12.3 Å². The van der Waals surface area contributed by atoms with Gasteiger partial charge in [0.15, 0.2) is 0 Å². The van der Waals surface area contributed by atoms with E-state index in [2.05, 4.69) is 19.9 Å². The van der Waals surface area contributed by atoms with Crippen LogP contribution in [-0.4, -0.2) is 34.7 Å². The number of H-pyrrole nitrogens is 1. The van der Waals surface area contributed by atoms with Crippen LogP contribution in [0.4, 0.5) is 0 Å². The zero-order valence-corrected chi connectivity index (χ0v) is 12.7. The van der Waals surface area contributed by atoms with Gasteiger partial charge in [-0.2, -0.15) is 5.10 Å². The summed E-state index contributed by atoms with van der Waals surface area (Å²) in [5.74, 6) is 0.643. The van der Waals surface area contributed by atoms with E-state index in [1.165, 1.54) is 6.33 Å². The van der Waals surface area contributed by atoms with Gasteiger partial charge in [-0.15, -0.1) is 0 Å². The molecular weight excluding hydrogens is 292 g/mol. The van der Waals surface area contributed by atoms with Gasteiger partial charge in [0, 0.05) is 37.9 Å². The first-order chi connectivity index (χ1) is 10.1. The van der Waals surface area contributed by atoms with E-state index in [0.717, 1.165) is 18.7 Å². The Morgan fingerprint density at radius 3 is 2.90 bits per heavy atom. The molecular formula is C12H20N6O2S. The third-order valence-electron chi connectivity index (χ3n) is 3.06. The minimum Gasteiger partial charge on any atom is -0.349 e. The lowest BCUT2D eigenvalue weighted by Crippen LogP contribution is -2.26. The largest absolute Gasteiger partial charge is 0.349 e. The first kappa shape index (κ1) is 15.7. The van der Waals surface area contributed by atoms with Gasteiger partial charge in [0.1, 0.15) is 12.2 Å². The van der Waals surface area contributed by atoms with E-state index >= 15 is 0 Å². The highest BCUT2D eigenvalue weighted by Gasteiger charge is 2.17. The highest BCUT2D eigenvalue weighted by atomic mass is 32.2. The summed E-state index contributed by atoms with van der Waals surface area (Å²) >= 11 is 0. The molecule has 2 heterocycles. The van der Waals surface area contributed by atoms with Gasteiger partial charge in [-0.3, -0.25) is 5.10 Å². The maximum absolute atomic E-state index is 12.2. The van der Waals surface area contributed by atoms with Gasteiger partial charge in [-0.05, 0) is 12.5 Å². The second-order valence-corrected chi connectivity index (χ2v) is 6.41. The molecule has 0 atom stereocenters. The van der Waals surface area contributed by atoms with Crippen LogP contribution in [0.2, 0.25) is 0 Å². The molecule has 0 saturated carbocycles. The predicted molar refractivity (Wildman–Crippen MR) is 77.9 cm³/mol. The molecule has 0 spiro atoms. The van der Waals surface area contributed by atoms with Crippen LogP contribution in [0.1, 0.15) is 24.9 Å². The number of aromatic amines is 1. The zero-order chi connectivity index (χ0) is 15.3. The van der Waals surface area contributed by atoms with Gasteiger partial charge < -0.3 is 10.3 Å². The Hall–Kier alpha value is -1.71. The van der Waals surface area contributed by atoms with Crippen LogP contribution < -0.4 is 10.5 Å². The number of hydrogen-bond acceptors (Lipinski definition) is 5. The van der Waals surface area contributed by atoms with Crippen molar-refractivity contribution in [3.63, 3.8) is 0 Å². The topological polar surface area (TPSA) is 119 Å². The summed E-state index contributed by atoms with van der Waals surface area (Å²) < 4.78 is 28.9. The standard InChI is InChI=1S/C12H20N6O2S/c1-2-5-18-8-11(6-10(18)7-13)21(19,20)16-4-3-12-14-9-15-17-12/h6,8-9,16H,2-5,7,13H2,1H3,(H,14,15,17). The number of nitrogens with one attached hydrogen (secondary N) is 2. The summed E-state index contributed by atoms with van der Waals surface area (Å²) in [6, 6.07) is 1.62. The lowest BCUT2D eigenvalue weighted by atomic mass is 10.4. The van der Waals surface area contributed by atoms with E-state index in [1.807, 2.05) is 11.5 Å². The van der Waals surface area contributed by atoms with Gasteiger partial charge >= 0.3 is 0 Å². The molecule has 0 aromatic carbocycles. The van der Waals surface area contributed by atoms with Crippen LogP contribution >= 0.6 is 0 Å². The van der Waals surface area contributed by atoms with Crippen molar-refractivity contribution in [3.8, 4) is 0 Å². The Balaban J connectivity index is 2.04. The maximum Gasteiger partial charge on any atom is 0.242 e. The molecule has 2 aromatic heterocycles. The van der Waals surface area contributed by atoms with Crippen LogP contribution in [0, 0.1) is 0 Å². The number of sulfonamides is 1. The van der Waals surface area contributed by atoms with Gasteiger partial charge in [0.2, 0.25) is 10.0 Å². The Labute approximate surface area is 123 Å². The average molecular weight is 312 g/mol. The Morgan fingerprint density at radius 2 is 2.29 bits per heavy atom. The van der Waals surface area contributed by atoms with E-state index in [-0.39, 0.29) is 11.4 Å².